The van der Waals surface area contributed by atoms with E-state index in [4.69, 9.17) is 4.74 Å². The molecule has 1 aliphatic carbocycles. The van der Waals surface area contributed by atoms with Crippen molar-refractivity contribution in [2.75, 3.05) is 13.2 Å². The van der Waals surface area contributed by atoms with Gasteiger partial charge < -0.3 is 15.2 Å². The third-order valence-corrected chi connectivity index (χ3v) is 4.64. The largest absolute Gasteiger partial charge is 0.491 e. The Hall–Kier alpha value is -1.39. The number of hydrogen-bond donors (Lipinski definition) is 2. The number of ether oxygens (including phenoxy) is 1. The zero-order valence-electron chi connectivity index (χ0n) is 15.6. The van der Waals surface area contributed by atoms with Gasteiger partial charge >= 0.3 is 0 Å². The van der Waals surface area contributed by atoms with Gasteiger partial charge in [-0.3, -0.25) is 4.79 Å². The Labute approximate surface area is 145 Å². The van der Waals surface area contributed by atoms with Crippen LogP contribution < -0.4 is 10.1 Å². The number of Topliss-reactive ketones (excluding diaryl/α,β-unsaturated/α-hetero) is 1. The Kier molecular flexibility index (Phi) is 5.71. The fourth-order valence-electron chi connectivity index (χ4n) is 2.85. The van der Waals surface area contributed by atoms with E-state index < -0.39 is 6.10 Å². The molecular weight excluding hydrogens is 302 g/mol. The van der Waals surface area contributed by atoms with Crippen molar-refractivity contribution in [3.8, 4) is 5.75 Å². The Morgan fingerprint density at radius 3 is 2.71 bits per heavy atom. The summed E-state index contributed by atoms with van der Waals surface area (Å²) >= 11 is 0. The molecule has 1 aromatic rings. The maximum atomic E-state index is 12.4. The van der Waals surface area contributed by atoms with Gasteiger partial charge in [0.15, 0.2) is 0 Å². The van der Waals surface area contributed by atoms with E-state index in [0.29, 0.717) is 13.0 Å². The average molecular weight is 333 g/mol. The van der Waals surface area contributed by atoms with Crippen LogP contribution in [0.5, 0.6) is 5.75 Å². The first-order valence-electron chi connectivity index (χ1n) is 8.78. The molecule has 134 valence electrons. The van der Waals surface area contributed by atoms with Gasteiger partial charge in [0.2, 0.25) is 0 Å². The first-order chi connectivity index (χ1) is 11.1. The van der Waals surface area contributed by atoms with E-state index in [-0.39, 0.29) is 23.3 Å². The summed E-state index contributed by atoms with van der Waals surface area (Å²) in [6, 6.07) is 5.88. The SMILES string of the molecule is CC(C)(C)NCC(O)COc1cccc2c1CCC(C)(C)C(=O)C2. The predicted molar refractivity (Wildman–Crippen MR) is 96.5 cm³/mol. The molecule has 0 saturated heterocycles. The number of rotatable bonds is 5. The van der Waals surface area contributed by atoms with E-state index in [0.717, 1.165) is 29.7 Å². The Morgan fingerprint density at radius 2 is 2.04 bits per heavy atom. The van der Waals surface area contributed by atoms with Gasteiger partial charge in [-0.1, -0.05) is 26.0 Å². The van der Waals surface area contributed by atoms with Gasteiger partial charge in [0, 0.05) is 23.9 Å². The van der Waals surface area contributed by atoms with Crippen LogP contribution in [-0.2, 0) is 17.6 Å². The van der Waals surface area contributed by atoms with Crippen LogP contribution in [0.25, 0.3) is 0 Å². The summed E-state index contributed by atoms with van der Waals surface area (Å²) in [6.07, 6.45) is 1.56. The Balaban J connectivity index is 2.03. The summed E-state index contributed by atoms with van der Waals surface area (Å²) in [5.41, 5.74) is 1.86. The van der Waals surface area contributed by atoms with Gasteiger partial charge in [-0.05, 0) is 50.8 Å². The molecule has 2 N–H and O–H groups in total. The van der Waals surface area contributed by atoms with Crippen LogP contribution in [0.1, 0.15) is 52.2 Å². The minimum atomic E-state index is -0.566. The summed E-state index contributed by atoms with van der Waals surface area (Å²) in [5.74, 6) is 1.08. The van der Waals surface area contributed by atoms with E-state index in [2.05, 4.69) is 26.1 Å². The Morgan fingerprint density at radius 1 is 1.33 bits per heavy atom. The molecule has 1 aliphatic rings. The van der Waals surface area contributed by atoms with Crippen LogP contribution in [0.3, 0.4) is 0 Å². The van der Waals surface area contributed by atoms with E-state index in [9.17, 15) is 9.90 Å². The van der Waals surface area contributed by atoms with Gasteiger partial charge in [0.05, 0.1) is 0 Å². The lowest BCUT2D eigenvalue weighted by Crippen LogP contribution is -2.42. The molecule has 0 fully saturated rings. The lowest BCUT2D eigenvalue weighted by Gasteiger charge is -2.23. The highest BCUT2D eigenvalue weighted by Crippen LogP contribution is 2.35. The van der Waals surface area contributed by atoms with E-state index >= 15 is 0 Å². The molecule has 4 heteroatoms. The molecule has 0 radical (unpaired) electrons. The monoisotopic (exact) mass is 333 g/mol. The van der Waals surface area contributed by atoms with Crippen LogP contribution in [0.2, 0.25) is 0 Å². The van der Waals surface area contributed by atoms with Crippen molar-refractivity contribution in [2.45, 2.75) is 65.5 Å². The van der Waals surface area contributed by atoms with Crippen molar-refractivity contribution >= 4 is 5.78 Å². The molecule has 0 aromatic heterocycles. The fraction of sp³-hybridized carbons (Fsp3) is 0.650. The summed E-state index contributed by atoms with van der Waals surface area (Å²) in [7, 11) is 0. The number of hydrogen-bond acceptors (Lipinski definition) is 4. The average Bonchev–Trinajstić information content (AvgIpc) is 2.59. The minimum Gasteiger partial charge on any atom is -0.491 e. The van der Waals surface area contributed by atoms with Crippen LogP contribution in [0, 0.1) is 5.41 Å². The summed E-state index contributed by atoms with van der Waals surface area (Å²) in [6.45, 7) is 11.0. The van der Waals surface area contributed by atoms with Crippen molar-refractivity contribution < 1.29 is 14.6 Å². The van der Waals surface area contributed by atoms with Crippen molar-refractivity contribution in [2.24, 2.45) is 5.41 Å². The zero-order chi connectivity index (χ0) is 18.0. The summed E-state index contributed by atoms with van der Waals surface area (Å²) < 4.78 is 5.89. The lowest BCUT2D eigenvalue weighted by atomic mass is 9.83. The number of aliphatic hydroxyl groups is 1. The number of β-amino-alcohol motifs (C(OH)–C–C–N with tert-alkyl or cyclic N) is 1. The van der Waals surface area contributed by atoms with Crippen molar-refractivity contribution in [3.05, 3.63) is 29.3 Å². The van der Waals surface area contributed by atoms with Gasteiger partial charge in [0.25, 0.3) is 0 Å². The highest BCUT2D eigenvalue weighted by molar-refractivity contribution is 5.87. The van der Waals surface area contributed by atoms with E-state index in [1.807, 2.05) is 32.0 Å². The second-order valence-corrected chi connectivity index (χ2v) is 8.47. The number of fused-ring (bicyclic) bond motifs is 1. The number of carbonyl (C=O) groups is 1. The first-order valence-corrected chi connectivity index (χ1v) is 8.78. The maximum Gasteiger partial charge on any atom is 0.142 e. The third-order valence-electron chi connectivity index (χ3n) is 4.64. The fourth-order valence-corrected chi connectivity index (χ4v) is 2.85. The topological polar surface area (TPSA) is 58.6 Å². The van der Waals surface area contributed by atoms with E-state index in [1.54, 1.807) is 0 Å². The van der Waals surface area contributed by atoms with Gasteiger partial charge in [-0.15, -0.1) is 0 Å². The smallest absolute Gasteiger partial charge is 0.142 e. The highest BCUT2D eigenvalue weighted by atomic mass is 16.5. The highest BCUT2D eigenvalue weighted by Gasteiger charge is 2.31. The number of nitrogens with one attached hydrogen (secondary N) is 1. The lowest BCUT2D eigenvalue weighted by molar-refractivity contribution is -0.126. The van der Waals surface area contributed by atoms with Crippen molar-refractivity contribution in [3.63, 3.8) is 0 Å². The van der Waals surface area contributed by atoms with Crippen LogP contribution in [-0.4, -0.2) is 35.7 Å². The predicted octanol–water partition coefficient (Wildman–Crippen LogP) is 2.90. The maximum absolute atomic E-state index is 12.4. The molecule has 0 bridgehead atoms. The van der Waals surface area contributed by atoms with Gasteiger partial charge in [-0.25, -0.2) is 0 Å². The Bertz CT molecular complexity index is 587. The number of carbonyl (C=O) groups excluding carboxylic acids is 1. The second kappa shape index (κ2) is 7.24. The molecule has 24 heavy (non-hydrogen) atoms. The van der Waals surface area contributed by atoms with Crippen LogP contribution in [0.15, 0.2) is 18.2 Å². The van der Waals surface area contributed by atoms with Crippen molar-refractivity contribution in [1.29, 1.82) is 0 Å². The quantitative estimate of drug-likeness (QED) is 0.814. The molecule has 0 amide bonds. The zero-order valence-corrected chi connectivity index (χ0v) is 15.6. The molecule has 1 unspecified atom stereocenters. The summed E-state index contributed by atoms with van der Waals surface area (Å²) in [5, 5.41) is 13.4. The number of ketones is 1. The molecule has 0 spiro atoms. The molecule has 0 heterocycles. The minimum absolute atomic E-state index is 0.0310. The summed E-state index contributed by atoms with van der Waals surface area (Å²) in [4.78, 5) is 12.4. The van der Waals surface area contributed by atoms with Crippen LogP contribution >= 0.6 is 0 Å². The molecule has 1 aromatic carbocycles. The number of aliphatic hydroxyl groups excluding tert-OH is 1. The third kappa shape index (κ3) is 5.05. The molecule has 2 rings (SSSR count). The standard InChI is InChI=1S/C20H31NO3/c1-19(2,3)21-12-15(22)13-24-17-8-6-7-14-11-18(23)20(4,5)10-9-16(14)17/h6-8,15,21-22H,9-13H2,1-5H3. The van der Waals surface area contributed by atoms with Crippen molar-refractivity contribution in [1.82, 2.24) is 5.32 Å². The molecule has 0 aliphatic heterocycles. The molecule has 0 saturated carbocycles. The van der Waals surface area contributed by atoms with E-state index in [1.165, 1.54) is 0 Å². The van der Waals surface area contributed by atoms with Gasteiger partial charge in [-0.2, -0.15) is 0 Å². The number of benzene rings is 1. The first kappa shape index (κ1) is 18.9. The normalized spacial score (nSPS) is 18.7. The molecular formula is C20H31NO3. The molecule has 4 nitrogen and oxygen atoms in total. The van der Waals surface area contributed by atoms with Crippen LogP contribution in [0.4, 0.5) is 0 Å². The molecule has 1 atom stereocenters. The second-order valence-electron chi connectivity index (χ2n) is 8.47. The van der Waals surface area contributed by atoms with Gasteiger partial charge in [0.1, 0.15) is 24.2 Å².